The standard InChI is InChI=1S/C25H31P/c1-18-19(2)25(5)20(3)24(18,4)16-21(25)17-26(22-12-8-6-9-13-22)23-14-10-7-11-15-23/h6-15,20-21H,16-17H2,1-5H3. The lowest BCUT2D eigenvalue weighted by Crippen LogP contribution is -2.31. The average Bonchev–Trinajstić information content (AvgIpc) is 2.94. The predicted molar refractivity (Wildman–Crippen MR) is 116 cm³/mol. The van der Waals surface area contributed by atoms with Crippen molar-refractivity contribution in [2.45, 2.75) is 41.0 Å². The van der Waals surface area contributed by atoms with E-state index in [1.165, 1.54) is 23.2 Å². The Bertz CT molecular complexity index is 782. The van der Waals surface area contributed by atoms with Crippen molar-refractivity contribution in [3.05, 3.63) is 71.8 Å². The summed E-state index contributed by atoms with van der Waals surface area (Å²) in [6.07, 6.45) is 2.66. The molecule has 4 rings (SSSR count). The van der Waals surface area contributed by atoms with Gasteiger partial charge in [-0.1, -0.05) is 92.6 Å². The van der Waals surface area contributed by atoms with E-state index in [9.17, 15) is 0 Å². The van der Waals surface area contributed by atoms with Gasteiger partial charge < -0.3 is 0 Å². The molecule has 26 heavy (non-hydrogen) atoms. The van der Waals surface area contributed by atoms with Gasteiger partial charge in [0.25, 0.3) is 0 Å². The SMILES string of the molecule is CC1=C(C)C2(C)C(CP(c3ccccc3)c3ccccc3)CC1(C)C2C. The molecule has 0 radical (unpaired) electrons. The summed E-state index contributed by atoms with van der Waals surface area (Å²) in [5, 5.41) is 3.05. The molecule has 4 unspecified atom stereocenters. The van der Waals surface area contributed by atoms with Gasteiger partial charge in [-0.3, -0.25) is 0 Å². The van der Waals surface area contributed by atoms with Gasteiger partial charge in [0.2, 0.25) is 0 Å². The van der Waals surface area contributed by atoms with E-state index in [1.807, 2.05) is 0 Å². The second-order valence-electron chi connectivity index (χ2n) is 8.85. The first-order valence-electron chi connectivity index (χ1n) is 9.95. The summed E-state index contributed by atoms with van der Waals surface area (Å²) in [5.41, 5.74) is 4.12. The maximum absolute atomic E-state index is 2.56. The van der Waals surface area contributed by atoms with E-state index in [0.29, 0.717) is 10.8 Å². The summed E-state index contributed by atoms with van der Waals surface area (Å²) in [4.78, 5) is 0. The Labute approximate surface area is 160 Å². The van der Waals surface area contributed by atoms with Crippen molar-refractivity contribution in [3.63, 3.8) is 0 Å². The van der Waals surface area contributed by atoms with Crippen molar-refractivity contribution >= 4 is 18.5 Å². The third kappa shape index (κ3) is 2.45. The molecule has 4 atom stereocenters. The molecule has 0 aromatic heterocycles. The molecule has 1 heteroatoms. The minimum absolute atomic E-state index is 0.303. The Balaban J connectivity index is 1.72. The zero-order chi connectivity index (χ0) is 18.5. The van der Waals surface area contributed by atoms with E-state index < -0.39 is 0 Å². The molecule has 2 aliphatic carbocycles. The number of benzene rings is 2. The molecule has 136 valence electrons. The highest BCUT2D eigenvalue weighted by Crippen LogP contribution is 2.70. The molecule has 2 bridgehead atoms. The van der Waals surface area contributed by atoms with Crippen LogP contribution in [0.25, 0.3) is 0 Å². The molecule has 0 aliphatic heterocycles. The lowest BCUT2D eigenvalue weighted by atomic mass is 9.71. The Hall–Kier alpha value is -1.39. The third-order valence-electron chi connectivity index (χ3n) is 8.14. The van der Waals surface area contributed by atoms with Crippen LogP contribution < -0.4 is 10.6 Å². The second kappa shape index (κ2) is 6.35. The fourth-order valence-corrected chi connectivity index (χ4v) is 8.64. The zero-order valence-corrected chi connectivity index (χ0v) is 17.7. The van der Waals surface area contributed by atoms with Gasteiger partial charge in [-0.15, -0.1) is 0 Å². The van der Waals surface area contributed by atoms with Crippen molar-refractivity contribution in [1.29, 1.82) is 0 Å². The van der Waals surface area contributed by atoms with Crippen LogP contribution in [0, 0.1) is 22.7 Å². The molecule has 2 aromatic carbocycles. The lowest BCUT2D eigenvalue weighted by Gasteiger charge is -2.38. The van der Waals surface area contributed by atoms with Crippen LogP contribution in [0.2, 0.25) is 0 Å². The molecule has 0 amide bonds. The fraction of sp³-hybridized carbons (Fsp3) is 0.440. The molecule has 0 nitrogen and oxygen atoms in total. The van der Waals surface area contributed by atoms with Crippen LogP contribution in [0.1, 0.15) is 41.0 Å². The minimum atomic E-state index is -0.303. The van der Waals surface area contributed by atoms with E-state index in [4.69, 9.17) is 0 Å². The first-order valence-corrected chi connectivity index (χ1v) is 11.5. The van der Waals surface area contributed by atoms with Gasteiger partial charge in [-0.05, 0) is 67.6 Å². The summed E-state index contributed by atoms with van der Waals surface area (Å²) in [7, 11) is -0.303. The Morgan fingerprint density at radius 2 is 1.35 bits per heavy atom. The largest absolute Gasteiger partial charge is 0.0676 e. The van der Waals surface area contributed by atoms with Crippen LogP contribution >= 0.6 is 7.92 Å². The third-order valence-corrected chi connectivity index (χ3v) is 10.8. The number of allylic oxidation sites excluding steroid dienone is 2. The summed E-state index contributed by atoms with van der Waals surface area (Å²) >= 11 is 0. The average molecular weight is 362 g/mol. The first kappa shape index (κ1) is 18.0. The van der Waals surface area contributed by atoms with Crippen molar-refractivity contribution in [1.82, 2.24) is 0 Å². The van der Waals surface area contributed by atoms with Crippen LogP contribution in [0.4, 0.5) is 0 Å². The summed E-state index contributed by atoms with van der Waals surface area (Å²) in [5.74, 6) is 1.53. The van der Waals surface area contributed by atoms with Crippen molar-refractivity contribution in [2.75, 3.05) is 6.16 Å². The molecule has 0 N–H and O–H groups in total. The molecule has 0 saturated heterocycles. The number of hydrogen-bond acceptors (Lipinski definition) is 0. The maximum Gasteiger partial charge on any atom is -0.00504 e. The lowest BCUT2D eigenvalue weighted by molar-refractivity contribution is 0.226. The predicted octanol–water partition coefficient (Wildman–Crippen LogP) is 6.14. The fourth-order valence-electron chi connectivity index (χ4n) is 5.91. The number of fused-ring (bicyclic) bond motifs is 2. The van der Waals surface area contributed by atoms with Gasteiger partial charge in [0.15, 0.2) is 0 Å². The molecule has 0 spiro atoms. The molecular formula is C25H31P. The van der Waals surface area contributed by atoms with Crippen LogP contribution in [0.3, 0.4) is 0 Å². The van der Waals surface area contributed by atoms with Gasteiger partial charge >= 0.3 is 0 Å². The van der Waals surface area contributed by atoms with E-state index >= 15 is 0 Å². The van der Waals surface area contributed by atoms with Crippen molar-refractivity contribution in [3.8, 4) is 0 Å². The highest BCUT2D eigenvalue weighted by Gasteiger charge is 2.62. The maximum atomic E-state index is 2.56. The summed E-state index contributed by atoms with van der Waals surface area (Å²) in [6, 6.07) is 22.5. The zero-order valence-electron chi connectivity index (χ0n) is 16.8. The topological polar surface area (TPSA) is 0 Å². The van der Waals surface area contributed by atoms with Crippen LogP contribution in [0.5, 0.6) is 0 Å². The normalized spacial score (nSPS) is 33.3. The molecule has 1 saturated carbocycles. The van der Waals surface area contributed by atoms with E-state index in [1.54, 1.807) is 11.1 Å². The van der Waals surface area contributed by atoms with Crippen molar-refractivity contribution in [2.24, 2.45) is 22.7 Å². The van der Waals surface area contributed by atoms with E-state index in [2.05, 4.69) is 95.3 Å². The van der Waals surface area contributed by atoms with Gasteiger partial charge in [-0.25, -0.2) is 0 Å². The van der Waals surface area contributed by atoms with Gasteiger partial charge in [-0.2, -0.15) is 0 Å². The molecule has 1 fully saturated rings. The van der Waals surface area contributed by atoms with Crippen molar-refractivity contribution < 1.29 is 0 Å². The Morgan fingerprint density at radius 3 is 1.77 bits per heavy atom. The van der Waals surface area contributed by atoms with Crippen LogP contribution in [0.15, 0.2) is 71.8 Å². The monoisotopic (exact) mass is 362 g/mol. The molecule has 2 aliphatic rings. The smallest absolute Gasteiger partial charge is 0.00504 e. The first-order chi connectivity index (χ1) is 12.4. The Kier molecular flexibility index (Phi) is 4.39. The van der Waals surface area contributed by atoms with Crippen LogP contribution in [-0.4, -0.2) is 6.16 Å². The Morgan fingerprint density at radius 1 is 0.846 bits per heavy atom. The summed E-state index contributed by atoms with van der Waals surface area (Å²) < 4.78 is 0. The molecule has 2 aromatic rings. The quantitative estimate of drug-likeness (QED) is 0.453. The number of rotatable bonds is 4. The van der Waals surface area contributed by atoms with Crippen LogP contribution in [-0.2, 0) is 0 Å². The summed E-state index contributed by atoms with van der Waals surface area (Å²) in [6.45, 7) is 12.4. The molecule has 0 heterocycles. The number of hydrogen-bond donors (Lipinski definition) is 0. The highest BCUT2D eigenvalue weighted by atomic mass is 31.1. The second-order valence-corrected chi connectivity index (χ2v) is 11.1. The van der Waals surface area contributed by atoms with Gasteiger partial charge in [0, 0.05) is 0 Å². The molecular weight excluding hydrogens is 331 g/mol. The highest BCUT2D eigenvalue weighted by molar-refractivity contribution is 7.73. The van der Waals surface area contributed by atoms with Gasteiger partial charge in [0.1, 0.15) is 0 Å². The van der Waals surface area contributed by atoms with E-state index in [0.717, 1.165) is 11.8 Å². The minimum Gasteiger partial charge on any atom is -0.0676 e. The van der Waals surface area contributed by atoms with Gasteiger partial charge in [0.05, 0.1) is 0 Å². The van der Waals surface area contributed by atoms with E-state index in [-0.39, 0.29) is 7.92 Å².